The van der Waals surface area contributed by atoms with E-state index < -0.39 is 0 Å². The normalized spacial score (nSPS) is 18.7. The molecule has 18 heavy (non-hydrogen) atoms. The molecular formula is C15H20BrNO. The average molecular weight is 310 g/mol. The van der Waals surface area contributed by atoms with Gasteiger partial charge in [-0.15, -0.1) is 0 Å². The second kappa shape index (κ2) is 6.37. The third-order valence-corrected chi connectivity index (χ3v) is 4.49. The van der Waals surface area contributed by atoms with Crippen molar-refractivity contribution in [3.05, 3.63) is 35.9 Å². The van der Waals surface area contributed by atoms with Crippen molar-refractivity contribution in [1.82, 2.24) is 4.90 Å². The third kappa shape index (κ3) is 3.58. The molecule has 0 bridgehead atoms. The van der Waals surface area contributed by atoms with Gasteiger partial charge in [0, 0.05) is 17.9 Å². The van der Waals surface area contributed by atoms with E-state index in [1.54, 1.807) is 0 Å². The van der Waals surface area contributed by atoms with Crippen LogP contribution in [0.3, 0.4) is 0 Å². The molecule has 1 unspecified atom stereocenters. The molecule has 98 valence electrons. The molecule has 1 saturated heterocycles. The van der Waals surface area contributed by atoms with Crippen LogP contribution in [0.2, 0.25) is 0 Å². The first-order valence-electron chi connectivity index (χ1n) is 6.62. The highest BCUT2D eigenvalue weighted by atomic mass is 79.9. The van der Waals surface area contributed by atoms with Gasteiger partial charge in [-0.1, -0.05) is 53.2 Å². The van der Waals surface area contributed by atoms with Gasteiger partial charge in [0.2, 0.25) is 5.91 Å². The van der Waals surface area contributed by atoms with Crippen LogP contribution in [0.15, 0.2) is 30.3 Å². The summed E-state index contributed by atoms with van der Waals surface area (Å²) >= 11 is 3.64. The molecule has 1 amide bonds. The van der Waals surface area contributed by atoms with Crippen LogP contribution in [0.25, 0.3) is 0 Å². The number of hydrogen-bond acceptors (Lipinski definition) is 1. The number of nitrogens with zero attached hydrogens (tertiary/aromatic N) is 1. The van der Waals surface area contributed by atoms with E-state index in [1.165, 1.54) is 0 Å². The number of carbonyl (C=O) groups is 1. The van der Waals surface area contributed by atoms with Gasteiger partial charge >= 0.3 is 0 Å². The number of piperidine rings is 1. The molecule has 3 heteroatoms. The molecule has 0 aliphatic carbocycles. The van der Waals surface area contributed by atoms with Gasteiger partial charge in [0.05, 0.1) is 6.42 Å². The summed E-state index contributed by atoms with van der Waals surface area (Å²) in [5.74, 6) is 0.979. The van der Waals surface area contributed by atoms with Gasteiger partial charge in [0.1, 0.15) is 0 Å². The number of likely N-dealkylation sites (tertiary alicyclic amines) is 1. The molecule has 2 nitrogen and oxygen atoms in total. The highest BCUT2D eigenvalue weighted by molar-refractivity contribution is 9.09. The number of alkyl halides is 1. The predicted molar refractivity (Wildman–Crippen MR) is 77.8 cm³/mol. The Hall–Kier alpha value is -0.830. The van der Waals surface area contributed by atoms with E-state index in [0.29, 0.717) is 17.2 Å². The van der Waals surface area contributed by atoms with Crippen molar-refractivity contribution in [1.29, 1.82) is 0 Å². The maximum absolute atomic E-state index is 12.2. The van der Waals surface area contributed by atoms with Crippen molar-refractivity contribution in [2.24, 2.45) is 5.92 Å². The molecule has 0 saturated carbocycles. The quantitative estimate of drug-likeness (QED) is 0.785. The monoisotopic (exact) mass is 309 g/mol. The minimum Gasteiger partial charge on any atom is -0.342 e. The number of carbonyl (C=O) groups excluding carboxylic acids is 1. The number of halogens is 1. The zero-order chi connectivity index (χ0) is 13.0. The van der Waals surface area contributed by atoms with Crippen molar-refractivity contribution in [3.63, 3.8) is 0 Å². The molecule has 1 atom stereocenters. The molecule has 0 radical (unpaired) electrons. The van der Waals surface area contributed by atoms with Crippen LogP contribution in [0.5, 0.6) is 0 Å². The van der Waals surface area contributed by atoms with E-state index in [9.17, 15) is 4.79 Å². The Morgan fingerprint density at radius 2 is 1.94 bits per heavy atom. The number of rotatable bonds is 3. The molecule has 1 aromatic carbocycles. The molecule has 1 heterocycles. The van der Waals surface area contributed by atoms with Gasteiger partial charge in [-0.2, -0.15) is 0 Å². The van der Waals surface area contributed by atoms with E-state index in [2.05, 4.69) is 22.9 Å². The Morgan fingerprint density at radius 1 is 1.33 bits per heavy atom. The Balaban J connectivity index is 1.85. The fourth-order valence-electron chi connectivity index (χ4n) is 2.49. The SMILES string of the molecule is CC(Br)C1CCN(C(=O)Cc2ccccc2)CC1. The first-order chi connectivity index (χ1) is 8.66. The highest BCUT2D eigenvalue weighted by Crippen LogP contribution is 2.25. The zero-order valence-corrected chi connectivity index (χ0v) is 12.4. The van der Waals surface area contributed by atoms with E-state index in [-0.39, 0.29) is 5.91 Å². The smallest absolute Gasteiger partial charge is 0.226 e. The van der Waals surface area contributed by atoms with Crippen LogP contribution >= 0.6 is 15.9 Å². The van der Waals surface area contributed by atoms with Crippen molar-refractivity contribution in [3.8, 4) is 0 Å². The van der Waals surface area contributed by atoms with Gasteiger partial charge in [-0.3, -0.25) is 4.79 Å². The highest BCUT2D eigenvalue weighted by Gasteiger charge is 2.24. The van der Waals surface area contributed by atoms with Gasteiger partial charge in [0.15, 0.2) is 0 Å². The molecule has 0 spiro atoms. The standard InChI is InChI=1S/C15H20BrNO/c1-12(16)14-7-9-17(10-8-14)15(18)11-13-5-3-2-4-6-13/h2-6,12,14H,7-11H2,1H3. The lowest BCUT2D eigenvalue weighted by atomic mass is 9.94. The summed E-state index contributed by atoms with van der Waals surface area (Å²) in [5, 5.41) is 0. The van der Waals surface area contributed by atoms with E-state index in [1.807, 2.05) is 35.2 Å². The minimum atomic E-state index is 0.266. The number of hydrogen-bond donors (Lipinski definition) is 0. The van der Waals surface area contributed by atoms with Crippen LogP contribution in [-0.4, -0.2) is 28.7 Å². The molecule has 0 aromatic heterocycles. The van der Waals surface area contributed by atoms with E-state index in [0.717, 1.165) is 31.5 Å². The third-order valence-electron chi connectivity index (χ3n) is 3.74. The fraction of sp³-hybridized carbons (Fsp3) is 0.533. The summed E-state index contributed by atoms with van der Waals surface area (Å²) in [6.45, 7) is 4.02. The Morgan fingerprint density at radius 3 is 2.50 bits per heavy atom. The van der Waals surface area contributed by atoms with Crippen LogP contribution in [0, 0.1) is 5.92 Å². The van der Waals surface area contributed by atoms with Gasteiger partial charge < -0.3 is 4.90 Å². The van der Waals surface area contributed by atoms with Crippen LogP contribution in [0.1, 0.15) is 25.3 Å². The summed E-state index contributed by atoms with van der Waals surface area (Å²) in [6, 6.07) is 10.00. The maximum atomic E-state index is 12.2. The molecule has 0 N–H and O–H groups in total. The van der Waals surface area contributed by atoms with Gasteiger partial charge in [0.25, 0.3) is 0 Å². The first-order valence-corrected chi connectivity index (χ1v) is 7.54. The largest absolute Gasteiger partial charge is 0.342 e. The van der Waals surface area contributed by atoms with Crippen LogP contribution in [0.4, 0.5) is 0 Å². The second-order valence-electron chi connectivity index (χ2n) is 5.06. The average Bonchev–Trinajstić information content (AvgIpc) is 2.40. The molecular weight excluding hydrogens is 290 g/mol. The second-order valence-corrected chi connectivity index (χ2v) is 6.50. The van der Waals surface area contributed by atoms with E-state index >= 15 is 0 Å². The van der Waals surface area contributed by atoms with Crippen molar-refractivity contribution in [2.45, 2.75) is 31.0 Å². The summed E-state index contributed by atoms with van der Waals surface area (Å²) in [6.07, 6.45) is 2.77. The van der Waals surface area contributed by atoms with E-state index in [4.69, 9.17) is 0 Å². The minimum absolute atomic E-state index is 0.266. The Bertz CT molecular complexity index is 383. The predicted octanol–water partition coefficient (Wildman–Crippen LogP) is 3.25. The Kier molecular flexibility index (Phi) is 4.81. The summed E-state index contributed by atoms with van der Waals surface area (Å²) in [4.78, 5) is 14.7. The van der Waals surface area contributed by atoms with Crippen molar-refractivity contribution >= 4 is 21.8 Å². The van der Waals surface area contributed by atoms with Gasteiger partial charge in [-0.25, -0.2) is 0 Å². The molecule has 1 fully saturated rings. The molecule has 2 rings (SSSR count). The number of benzene rings is 1. The lowest BCUT2D eigenvalue weighted by Crippen LogP contribution is -2.40. The topological polar surface area (TPSA) is 20.3 Å². The van der Waals surface area contributed by atoms with Crippen molar-refractivity contribution in [2.75, 3.05) is 13.1 Å². The molecule has 1 aromatic rings. The first kappa shape index (κ1) is 13.6. The van der Waals surface area contributed by atoms with Crippen LogP contribution < -0.4 is 0 Å². The zero-order valence-electron chi connectivity index (χ0n) is 10.8. The van der Waals surface area contributed by atoms with Crippen LogP contribution in [-0.2, 0) is 11.2 Å². The van der Waals surface area contributed by atoms with Gasteiger partial charge in [-0.05, 0) is 24.3 Å². The lowest BCUT2D eigenvalue weighted by Gasteiger charge is -2.33. The summed E-state index contributed by atoms with van der Waals surface area (Å²) < 4.78 is 0. The summed E-state index contributed by atoms with van der Waals surface area (Å²) in [5.41, 5.74) is 1.11. The Labute approximate surface area is 117 Å². The summed E-state index contributed by atoms with van der Waals surface area (Å²) in [7, 11) is 0. The van der Waals surface area contributed by atoms with Crippen molar-refractivity contribution < 1.29 is 4.79 Å². The maximum Gasteiger partial charge on any atom is 0.226 e. The number of amides is 1. The fourth-order valence-corrected chi connectivity index (χ4v) is 3.02. The molecule has 1 aliphatic heterocycles. The molecule has 1 aliphatic rings. The lowest BCUT2D eigenvalue weighted by molar-refractivity contribution is -0.131.